The SMILES string of the molecule is O=C(CN(c1ccccc1)S(=O)(=O)c1ccc(F)cc1)NCC1=CCCCC1. The van der Waals surface area contributed by atoms with E-state index in [4.69, 9.17) is 0 Å². The summed E-state index contributed by atoms with van der Waals surface area (Å²) in [6, 6.07) is 13.0. The van der Waals surface area contributed by atoms with Gasteiger partial charge in [-0.2, -0.15) is 0 Å². The second-order valence-electron chi connectivity index (χ2n) is 6.69. The molecule has 0 saturated heterocycles. The van der Waals surface area contributed by atoms with Crippen LogP contribution in [0.2, 0.25) is 0 Å². The molecule has 0 bridgehead atoms. The van der Waals surface area contributed by atoms with Gasteiger partial charge in [-0.05, 0) is 62.1 Å². The summed E-state index contributed by atoms with van der Waals surface area (Å²) in [5.74, 6) is -0.912. The third-order valence-electron chi connectivity index (χ3n) is 4.63. The molecule has 0 radical (unpaired) electrons. The van der Waals surface area contributed by atoms with Crippen molar-refractivity contribution < 1.29 is 17.6 Å². The minimum Gasteiger partial charge on any atom is -0.351 e. The van der Waals surface area contributed by atoms with Crippen molar-refractivity contribution >= 4 is 21.6 Å². The summed E-state index contributed by atoms with van der Waals surface area (Å²) in [6.07, 6.45) is 6.37. The first kappa shape index (κ1) is 20.1. The number of hydrogen-bond acceptors (Lipinski definition) is 3. The molecule has 0 saturated carbocycles. The Bertz CT molecular complexity index is 941. The van der Waals surface area contributed by atoms with Crippen LogP contribution in [0.4, 0.5) is 10.1 Å². The molecule has 5 nitrogen and oxygen atoms in total. The minimum absolute atomic E-state index is 0.0689. The van der Waals surface area contributed by atoms with Crippen molar-refractivity contribution in [2.45, 2.75) is 30.6 Å². The van der Waals surface area contributed by atoms with E-state index in [1.54, 1.807) is 30.3 Å². The fourth-order valence-corrected chi connectivity index (χ4v) is 4.53. The molecular formula is C21H23FN2O3S. The van der Waals surface area contributed by atoms with Gasteiger partial charge in [0.25, 0.3) is 10.0 Å². The van der Waals surface area contributed by atoms with Gasteiger partial charge in [-0.1, -0.05) is 29.8 Å². The summed E-state index contributed by atoms with van der Waals surface area (Å²) in [6.45, 7) is 0.0784. The number of amides is 1. The van der Waals surface area contributed by atoms with Gasteiger partial charge in [0.15, 0.2) is 0 Å². The molecule has 0 heterocycles. The first-order valence-corrected chi connectivity index (χ1v) is 10.7. The number of hydrogen-bond donors (Lipinski definition) is 1. The fraction of sp³-hybridized carbons (Fsp3) is 0.286. The predicted molar refractivity (Wildman–Crippen MR) is 107 cm³/mol. The molecule has 7 heteroatoms. The highest BCUT2D eigenvalue weighted by molar-refractivity contribution is 7.92. The van der Waals surface area contributed by atoms with Gasteiger partial charge in [-0.15, -0.1) is 0 Å². The van der Waals surface area contributed by atoms with Crippen molar-refractivity contribution in [2.24, 2.45) is 0 Å². The topological polar surface area (TPSA) is 66.5 Å². The van der Waals surface area contributed by atoms with Gasteiger partial charge in [0.1, 0.15) is 12.4 Å². The third kappa shape index (κ3) is 4.98. The number of nitrogens with zero attached hydrogens (tertiary/aromatic N) is 1. The van der Waals surface area contributed by atoms with Crippen LogP contribution in [0.15, 0.2) is 71.1 Å². The van der Waals surface area contributed by atoms with Crippen molar-refractivity contribution in [3.63, 3.8) is 0 Å². The molecule has 2 aromatic rings. The number of benzene rings is 2. The zero-order chi connectivity index (χ0) is 20.0. The Kier molecular flexibility index (Phi) is 6.46. The zero-order valence-corrected chi connectivity index (χ0v) is 16.3. The molecular weight excluding hydrogens is 379 g/mol. The first-order valence-electron chi connectivity index (χ1n) is 9.25. The summed E-state index contributed by atoms with van der Waals surface area (Å²) in [7, 11) is -4.02. The van der Waals surface area contributed by atoms with Crippen LogP contribution in [0.1, 0.15) is 25.7 Å². The highest BCUT2D eigenvalue weighted by Gasteiger charge is 2.27. The molecule has 1 amide bonds. The maximum atomic E-state index is 13.2. The molecule has 1 aliphatic carbocycles. The molecule has 0 spiro atoms. The van der Waals surface area contributed by atoms with Crippen molar-refractivity contribution in [3.05, 3.63) is 72.1 Å². The number of para-hydroxylation sites is 1. The third-order valence-corrected chi connectivity index (χ3v) is 6.42. The Labute approximate surface area is 164 Å². The van der Waals surface area contributed by atoms with Crippen LogP contribution in [0.5, 0.6) is 0 Å². The van der Waals surface area contributed by atoms with E-state index in [1.807, 2.05) is 0 Å². The lowest BCUT2D eigenvalue weighted by atomic mass is 10.00. The van der Waals surface area contributed by atoms with Gasteiger partial charge >= 0.3 is 0 Å². The van der Waals surface area contributed by atoms with Gasteiger partial charge in [0, 0.05) is 6.54 Å². The second-order valence-corrected chi connectivity index (χ2v) is 8.55. The second kappa shape index (κ2) is 9.01. The van der Waals surface area contributed by atoms with Gasteiger partial charge < -0.3 is 5.32 Å². The maximum Gasteiger partial charge on any atom is 0.264 e. The van der Waals surface area contributed by atoms with E-state index in [0.29, 0.717) is 12.2 Å². The summed E-state index contributed by atoms with van der Waals surface area (Å²) in [5.41, 5.74) is 1.55. The molecule has 3 rings (SSSR count). The lowest BCUT2D eigenvalue weighted by Gasteiger charge is -2.24. The van der Waals surface area contributed by atoms with Crippen molar-refractivity contribution in [1.82, 2.24) is 5.32 Å². The van der Waals surface area contributed by atoms with E-state index in [-0.39, 0.29) is 17.3 Å². The van der Waals surface area contributed by atoms with E-state index >= 15 is 0 Å². The van der Waals surface area contributed by atoms with Gasteiger partial charge in [-0.3, -0.25) is 9.10 Å². The Morgan fingerprint density at radius 3 is 2.39 bits per heavy atom. The lowest BCUT2D eigenvalue weighted by Crippen LogP contribution is -2.41. The average Bonchev–Trinajstić information content (AvgIpc) is 2.72. The summed E-state index contributed by atoms with van der Waals surface area (Å²) < 4.78 is 40.5. The molecule has 0 fully saturated rings. The van der Waals surface area contributed by atoms with Crippen LogP contribution < -0.4 is 9.62 Å². The Balaban J connectivity index is 1.80. The van der Waals surface area contributed by atoms with Crippen molar-refractivity contribution in [2.75, 3.05) is 17.4 Å². The molecule has 28 heavy (non-hydrogen) atoms. The molecule has 0 unspecified atom stereocenters. The Morgan fingerprint density at radius 2 is 1.75 bits per heavy atom. The standard InChI is InChI=1S/C21H23FN2O3S/c22-18-11-13-20(14-12-18)28(26,27)24(19-9-5-2-6-10-19)16-21(25)23-15-17-7-3-1-4-8-17/h2,5-7,9-14H,1,3-4,8,15-16H2,(H,23,25). The molecule has 2 aromatic carbocycles. The van der Waals surface area contributed by atoms with Gasteiger partial charge in [0.2, 0.25) is 5.91 Å². The van der Waals surface area contributed by atoms with Gasteiger partial charge in [0.05, 0.1) is 10.6 Å². The highest BCUT2D eigenvalue weighted by atomic mass is 32.2. The fourth-order valence-electron chi connectivity index (χ4n) is 3.11. The number of carbonyl (C=O) groups is 1. The van der Waals surface area contributed by atoms with E-state index in [0.717, 1.165) is 42.1 Å². The first-order chi connectivity index (χ1) is 13.5. The molecule has 1 N–H and O–H groups in total. The molecule has 0 aromatic heterocycles. The van der Waals surface area contributed by atoms with Crippen LogP contribution in [-0.4, -0.2) is 27.4 Å². The normalized spacial score (nSPS) is 14.2. The lowest BCUT2D eigenvalue weighted by molar-refractivity contribution is -0.119. The molecule has 0 atom stereocenters. The van der Waals surface area contributed by atoms with Crippen LogP contribution in [0.25, 0.3) is 0 Å². The van der Waals surface area contributed by atoms with Crippen LogP contribution in [-0.2, 0) is 14.8 Å². The summed E-state index contributed by atoms with van der Waals surface area (Å²) in [5, 5.41) is 2.81. The van der Waals surface area contributed by atoms with Crippen LogP contribution >= 0.6 is 0 Å². The van der Waals surface area contributed by atoms with Crippen LogP contribution in [0, 0.1) is 5.82 Å². The number of anilines is 1. The number of halogens is 1. The molecule has 1 aliphatic rings. The van der Waals surface area contributed by atoms with Crippen molar-refractivity contribution in [1.29, 1.82) is 0 Å². The number of carbonyl (C=O) groups excluding carboxylic acids is 1. The number of rotatable bonds is 7. The average molecular weight is 402 g/mol. The van der Waals surface area contributed by atoms with E-state index in [1.165, 1.54) is 17.7 Å². The Morgan fingerprint density at radius 1 is 1.04 bits per heavy atom. The smallest absolute Gasteiger partial charge is 0.264 e. The monoisotopic (exact) mass is 402 g/mol. The largest absolute Gasteiger partial charge is 0.351 e. The molecule has 0 aliphatic heterocycles. The Hall–Kier alpha value is -2.67. The summed E-state index contributed by atoms with van der Waals surface area (Å²) >= 11 is 0. The van der Waals surface area contributed by atoms with E-state index in [9.17, 15) is 17.6 Å². The number of allylic oxidation sites excluding steroid dienone is 1. The van der Waals surface area contributed by atoms with Gasteiger partial charge in [-0.25, -0.2) is 12.8 Å². The zero-order valence-electron chi connectivity index (χ0n) is 15.5. The number of nitrogens with one attached hydrogen (secondary N) is 1. The minimum atomic E-state index is -4.02. The quantitative estimate of drug-likeness (QED) is 0.719. The molecule has 148 valence electrons. The number of sulfonamides is 1. The summed E-state index contributed by atoms with van der Waals surface area (Å²) in [4.78, 5) is 12.4. The van der Waals surface area contributed by atoms with Crippen molar-refractivity contribution in [3.8, 4) is 0 Å². The predicted octanol–water partition coefficient (Wildman–Crippen LogP) is 3.64. The maximum absolute atomic E-state index is 13.2. The highest BCUT2D eigenvalue weighted by Crippen LogP contribution is 2.23. The van der Waals surface area contributed by atoms with Crippen LogP contribution in [0.3, 0.4) is 0 Å². The van der Waals surface area contributed by atoms with E-state index in [2.05, 4.69) is 11.4 Å². The van der Waals surface area contributed by atoms with E-state index < -0.39 is 15.8 Å².